The van der Waals surface area contributed by atoms with Crippen molar-refractivity contribution >= 4 is 22.3 Å². The van der Waals surface area contributed by atoms with Gasteiger partial charge in [0.1, 0.15) is 5.00 Å². The number of Topliss-reactive ketones (excluding diaryl/α,β-unsaturated/α-hetero) is 1. The Hall–Kier alpha value is -0.900. The molecule has 4 saturated carbocycles. The van der Waals surface area contributed by atoms with Crippen LogP contribution in [0.4, 0.5) is 5.00 Å². The Balaban J connectivity index is 1.64. The highest BCUT2D eigenvalue weighted by atomic mass is 32.1. The molecule has 0 aliphatic heterocycles. The summed E-state index contributed by atoms with van der Waals surface area (Å²) < 4.78 is 4.39. The number of aryl methyl sites for hydroxylation is 1. The normalized spacial score (nSPS) is 38.2. The number of carbonyl (C=O) groups is 1. The van der Waals surface area contributed by atoms with Crippen LogP contribution in [0.5, 0.6) is 0 Å². The van der Waals surface area contributed by atoms with Crippen molar-refractivity contribution < 1.29 is 4.79 Å². The lowest BCUT2D eigenvalue weighted by atomic mass is 9.53. The van der Waals surface area contributed by atoms with E-state index < -0.39 is 0 Å². The van der Waals surface area contributed by atoms with E-state index in [0.29, 0.717) is 0 Å². The van der Waals surface area contributed by atoms with Crippen molar-refractivity contribution in [2.24, 2.45) is 17.8 Å². The molecular formula is C16H22N2OS. The number of rotatable bonds is 3. The lowest BCUT2D eigenvalue weighted by molar-refractivity contribution is 0.0108. The van der Waals surface area contributed by atoms with Gasteiger partial charge in [-0.25, -0.2) is 0 Å². The molecule has 0 unspecified atom stereocenters. The Morgan fingerprint density at radius 2 is 1.75 bits per heavy atom. The van der Waals surface area contributed by atoms with Crippen LogP contribution in [0, 0.1) is 24.7 Å². The van der Waals surface area contributed by atoms with Crippen LogP contribution in [0.25, 0.3) is 0 Å². The molecule has 1 heterocycles. The quantitative estimate of drug-likeness (QED) is 0.854. The summed E-state index contributed by atoms with van der Waals surface area (Å²) in [5.41, 5.74) is 1.97. The van der Waals surface area contributed by atoms with Gasteiger partial charge >= 0.3 is 0 Å². The van der Waals surface area contributed by atoms with Crippen LogP contribution in [0.2, 0.25) is 0 Å². The molecule has 3 nitrogen and oxygen atoms in total. The predicted octanol–water partition coefficient (Wildman–Crippen LogP) is 4.03. The van der Waals surface area contributed by atoms with E-state index in [1.165, 1.54) is 50.1 Å². The van der Waals surface area contributed by atoms with Crippen LogP contribution in [-0.4, -0.2) is 15.7 Å². The zero-order valence-electron chi connectivity index (χ0n) is 12.2. The first-order valence-corrected chi connectivity index (χ1v) is 8.57. The summed E-state index contributed by atoms with van der Waals surface area (Å²) in [6.07, 6.45) is 8.24. The molecule has 0 spiro atoms. The highest BCUT2D eigenvalue weighted by molar-refractivity contribution is 7.10. The van der Waals surface area contributed by atoms with Crippen molar-refractivity contribution in [3.05, 3.63) is 11.3 Å². The Morgan fingerprint density at radius 1 is 1.20 bits per heavy atom. The molecule has 5 rings (SSSR count). The molecule has 0 aromatic carbocycles. The maximum Gasteiger partial charge on any atom is 0.164 e. The first-order valence-electron chi connectivity index (χ1n) is 7.80. The van der Waals surface area contributed by atoms with Gasteiger partial charge in [0.25, 0.3) is 0 Å². The van der Waals surface area contributed by atoms with E-state index in [1.54, 1.807) is 6.92 Å². The molecule has 4 aliphatic carbocycles. The third kappa shape index (κ3) is 1.92. The van der Waals surface area contributed by atoms with Crippen molar-refractivity contribution in [3.8, 4) is 0 Å². The summed E-state index contributed by atoms with van der Waals surface area (Å²) in [6.45, 7) is 3.60. The Labute approximate surface area is 124 Å². The molecule has 1 aromatic rings. The largest absolute Gasteiger partial charge is 0.370 e. The molecule has 4 aliphatic rings. The van der Waals surface area contributed by atoms with Crippen molar-refractivity contribution in [3.63, 3.8) is 0 Å². The van der Waals surface area contributed by atoms with Crippen molar-refractivity contribution in [2.45, 2.75) is 57.9 Å². The van der Waals surface area contributed by atoms with E-state index in [-0.39, 0.29) is 11.3 Å². The fourth-order valence-electron chi connectivity index (χ4n) is 5.37. The highest BCUT2D eigenvalue weighted by Crippen LogP contribution is 2.57. The molecule has 0 amide bonds. The summed E-state index contributed by atoms with van der Waals surface area (Å²) in [5.74, 6) is 2.90. The summed E-state index contributed by atoms with van der Waals surface area (Å²) in [6, 6.07) is 0. The molecule has 4 heteroatoms. The summed E-state index contributed by atoms with van der Waals surface area (Å²) in [4.78, 5) is 11.9. The molecule has 20 heavy (non-hydrogen) atoms. The van der Waals surface area contributed by atoms with Gasteiger partial charge in [-0.2, -0.15) is 4.37 Å². The second-order valence-electron chi connectivity index (χ2n) is 7.35. The smallest absolute Gasteiger partial charge is 0.164 e. The molecule has 0 radical (unpaired) electrons. The summed E-state index contributed by atoms with van der Waals surface area (Å²) in [7, 11) is 0. The minimum atomic E-state index is 0.142. The van der Waals surface area contributed by atoms with E-state index in [4.69, 9.17) is 0 Å². The van der Waals surface area contributed by atoms with Gasteiger partial charge in [0.2, 0.25) is 0 Å². The van der Waals surface area contributed by atoms with Gasteiger partial charge in [0.15, 0.2) is 5.78 Å². The van der Waals surface area contributed by atoms with Gasteiger partial charge < -0.3 is 5.32 Å². The molecule has 0 saturated heterocycles. The summed E-state index contributed by atoms with van der Waals surface area (Å²) in [5, 5.41) is 4.82. The number of ketones is 1. The minimum absolute atomic E-state index is 0.142. The van der Waals surface area contributed by atoms with Crippen LogP contribution in [0.3, 0.4) is 0 Å². The Kier molecular flexibility index (Phi) is 2.75. The van der Waals surface area contributed by atoms with Gasteiger partial charge in [0, 0.05) is 5.54 Å². The van der Waals surface area contributed by atoms with Crippen LogP contribution >= 0.6 is 11.5 Å². The van der Waals surface area contributed by atoms with Crippen LogP contribution in [0.15, 0.2) is 0 Å². The zero-order chi connectivity index (χ0) is 13.9. The van der Waals surface area contributed by atoms with Gasteiger partial charge in [-0.1, -0.05) is 0 Å². The van der Waals surface area contributed by atoms with Crippen LogP contribution in [0.1, 0.15) is 61.5 Å². The molecule has 108 valence electrons. The third-order valence-electron chi connectivity index (χ3n) is 5.63. The van der Waals surface area contributed by atoms with E-state index in [0.717, 1.165) is 34.0 Å². The topological polar surface area (TPSA) is 42.0 Å². The fourth-order valence-corrected chi connectivity index (χ4v) is 6.34. The molecule has 0 atom stereocenters. The van der Waals surface area contributed by atoms with Gasteiger partial charge in [0.05, 0.1) is 11.3 Å². The molecule has 4 bridgehead atoms. The highest BCUT2D eigenvalue weighted by Gasteiger charge is 2.51. The van der Waals surface area contributed by atoms with Crippen LogP contribution in [-0.2, 0) is 0 Å². The number of nitrogens with zero attached hydrogens (tertiary/aromatic N) is 1. The lowest BCUT2D eigenvalue weighted by Gasteiger charge is -2.57. The first-order chi connectivity index (χ1) is 9.55. The second kappa shape index (κ2) is 4.30. The molecular weight excluding hydrogens is 268 g/mol. The lowest BCUT2D eigenvalue weighted by Crippen LogP contribution is -2.54. The zero-order valence-corrected chi connectivity index (χ0v) is 13.1. The van der Waals surface area contributed by atoms with Crippen LogP contribution < -0.4 is 5.32 Å². The van der Waals surface area contributed by atoms with E-state index >= 15 is 0 Å². The summed E-state index contributed by atoms with van der Waals surface area (Å²) >= 11 is 1.47. The van der Waals surface area contributed by atoms with Crippen molar-refractivity contribution in [1.29, 1.82) is 0 Å². The average molecular weight is 290 g/mol. The number of hydrogen-bond donors (Lipinski definition) is 1. The minimum Gasteiger partial charge on any atom is -0.370 e. The standard InChI is InChI=1S/C16H22N2OS/c1-9-14(10(2)19)15(20-18-9)17-16-6-11-3-12(7-16)5-13(4-11)8-16/h11-13,17H,3-8H2,1-2H3. The third-order valence-corrected chi connectivity index (χ3v) is 6.49. The maximum absolute atomic E-state index is 11.9. The first kappa shape index (κ1) is 12.8. The van der Waals surface area contributed by atoms with Crippen molar-refractivity contribution in [1.82, 2.24) is 4.37 Å². The Bertz CT molecular complexity index is 528. The number of aromatic nitrogens is 1. The number of anilines is 1. The number of hydrogen-bond acceptors (Lipinski definition) is 4. The Morgan fingerprint density at radius 3 is 2.25 bits per heavy atom. The fraction of sp³-hybridized carbons (Fsp3) is 0.750. The monoisotopic (exact) mass is 290 g/mol. The molecule has 1 N–H and O–H groups in total. The van der Waals surface area contributed by atoms with E-state index in [9.17, 15) is 4.79 Å². The maximum atomic E-state index is 11.9. The van der Waals surface area contributed by atoms with Crippen molar-refractivity contribution in [2.75, 3.05) is 5.32 Å². The van der Waals surface area contributed by atoms with Gasteiger partial charge in [-0.05, 0) is 81.7 Å². The van der Waals surface area contributed by atoms with E-state index in [2.05, 4.69) is 9.69 Å². The predicted molar refractivity (Wildman–Crippen MR) is 81.4 cm³/mol. The van der Waals surface area contributed by atoms with Gasteiger partial charge in [-0.15, -0.1) is 0 Å². The van der Waals surface area contributed by atoms with Gasteiger partial charge in [-0.3, -0.25) is 4.79 Å². The van der Waals surface area contributed by atoms with E-state index in [1.807, 2.05) is 6.92 Å². The molecule has 1 aromatic heterocycles. The molecule has 4 fully saturated rings. The average Bonchev–Trinajstić information content (AvgIpc) is 2.67. The number of nitrogens with one attached hydrogen (secondary N) is 1. The second-order valence-corrected chi connectivity index (χ2v) is 8.12. The SMILES string of the molecule is CC(=O)c1c(C)nsc1NC12CC3CC(CC(C3)C1)C2. The number of carbonyl (C=O) groups excluding carboxylic acids is 1.